The van der Waals surface area contributed by atoms with Crippen LogP contribution in [0.5, 0.6) is 0 Å². The van der Waals surface area contributed by atoms with Crippen molar-refractivity contribution in [1.82, 2.24) is 10.6 Å². The second-order valence-electron chi connectivity index (χ2n) is 3.59. The van der Waals surface area contributed by atoms with E-state index in [1.807, 2.05) is 0 Å². The maximum atomic E-state index is 11.2. The minimum atomic E-state index is -0.383. The Balaban J connectivity index is 2.17. The van der Waals surface area contributed by atoms with Crippen LogP contribution in [0, 0.1) is 16.7 Å². The lowest BCUT2D eigenvalue weighted by molar-refractivity contribution is -0.124. The summed E-state index contributed by atoms with van der Waals surface area (Å²) in [5, 5.41) is 13.7. The standard InChI is InChI=1S/C10H13N3O2/c1-2-8(14)12-5-9(15)13-7-10(6-11)3-4-10/h2H,1,3-5,7H2,(H,12,14)(H,13,15). The molecule has 0 spiro atoms. The highest BCUT2D eigenvalue weighted by molar-refractivity contribution is 5.90. The Morgan fingerprint density at radius 2 is 2.13 bits per heavy atom. The summed E-state index contributed by atoms with van der Waals surface area (Å²) in [7, 11) is 0. The van der Waals surface area contributed by atoms with E-state index in [4.69, 9.17) is 5.26 Å². The molecule has 1 rings (SSSR count). The van der Waals surface area contributed by atoms with E-state index in [-0.39, 0.29) is 23.8 Å². The molecule has 0 aromatic rings. The SMILES string of the molecule is C=CC(=O)NCC(=O)NCC1(C#N)CC1. The van der Waals surface area contributed by atoms with Crippen LogP contribution in [-0.2, 0) is 9.59 Å². The largest absolute Gasteiger partial charge is 0.353 e. The molecule has 5 heteroatoms. The zero-order chi connectivity index (χ0) is 11.3. The third-order valence-corrected chi connectivity index (χ3v) is 2.32. The van der Waals surface area contributed by atoms with Gasteiger partial charge in [-0.1, -0.05) is 6.58 Å². The quantitative estimate of drug-likeness (QED) is 0.608. The molecular formula is C10H13N3O2. The Morgan fingerprint density at radius 1 is 1.47 bits per heavy atom. The van der Waals surface area contributed by atoms with E-state index in [9.17, 15) is 9.59 Å². The average Bonchev–Trinajstić information content (AvgIpc) is 3.03. The Kier molecular flexibility index (Phi) is 3.45. The summed E-state index contributed by atoms with van der Waals surface area (Å²) in [6, 6.07) is 2.17. The fraction of sp³-hybridized carbons (Fsp3) is 0.500. The van der Waals surface area contributed by atoms with E-state index in [1.54, 1.807) is 0 Å². The zero-order valence-corrected chi connectivity index (χ0v) is 8.38. The first-order valence-electron chi connectivity index (χ1n) is 4.70. The molecule has 1 fully saturated rings. The molecule has 0 radical (unpaired) electrons. The smallest absolute Gasteiger partial charge is 0.243 e. The summed E-state index contributed by atoms with van der Waals surface area (Å²) in [6.07, 6.45) is 2.77. The number of amides is 2. The van der Waals surface area contributed by atoms with E-state index in [2.05, 4.69) is 23.3 Å². The van der Waals surface area contributed by atoms with E-state index in [0.29, 0.717) is 6.54 Å². The Morgan fingerprint density at radius 3 is 2.60 bits per heavy atom. The van der Waals surface area contributed by atoms with E-state index >= 15 is 0 Å². The number of rotatable bonds is 5. The predicted molar refractivity (Wildman–Crippen MR) is 53.5 cm³/mol. The molecule has 1 saturated carbocycles. The molecule has 0 aromatic heterocycles. The molecule has 5 nitrogen and oxygen atoms in total. The molecule has 0 aromatic carbocycles. The predicted octanol–water partition coefficient (Wildman–Crippen LogP) is -0.291. The third kappa shape index (κ3) is 3.43. The topological polar surface area (TPSA) is 82.0 Å². The maximum Gasteiger partial charge on any atom is 0.243 e. The lowest BCUT2D eigenvalue weighted by atomic mass is 10.1. The molecule has 80 valence electrons. The number of carbonyl (C=O) groups excluding carboxylic acids is 2. The molecule has 0 atom stereocenters. The van der Waals surface area contributed by atoms with Crippen molar-refractivity contribution in [2.75, 3.05) is 13.1 Å². The van der Waals surface area contributed by atoms with Crippen molar-refractivity contribution >= 4 is 11.8 Å². The van der Waals surface area contributed by atoms with Crippen LogP contribution >= 0.6 is 0 Å². The highest BCUT2D eigenvalue weighted by atomic mass is 16.2. The van der Waals surface area contributed by atoms with Crippen LogP contribution in [0.1, 0.15) is 12.8 Å². The number of hydrogen-bond acceptors (Lipinski definition) is 3. The van der Waals surface area contributed by atoms with Gasteiger partial charge in [0, 0.05) is 6.54 Å². The fourth-order valence-electron chi connectivity index (χ4n) is 1.05. The van der Waals surface area contributed by atoms with Gasteiger partial charge >= 0.3 is 0 Å². The first-order chi connectivity index (χ1) is 7.12. The van der Waals surface area contributed by atoms with Crippen molar-refractivity contribution in [2.45, 2.75) is 12.8 Å². The first kappa shape index (κ1) is 11.2. The number of nitrogens with zero attached hydrogens (tertiary/aromatic N) is 1. The minimum Gasteiger partial charge on any atom is -0.353 e. The zero-order valence-electron chi connectivity index (χ0n) is 8.38. The van der Waals surface area contributed by atoms with Crippen molar-refractivity contribution in [3.8, 4) is 6.07 Å². The van der Waals surface area contributed by atoms with Crippen molar-refractivity contribution in [2.24, 2.45) is 5.41 Å². The molecule has 2 amide bonds. The van der Waals surface area contributed by atoms with Crippen LogP contribution in [0.25, 0.3) is 0 Å². The van der Waals surface area contributed by atoms with Crippen molar-refractivity contribution in [3.05, 3.63) is 12.7 Å². The Labute approximate surface area is 88.1 Å². The number of carbonyl (C=O) groups is 2. The van der Waals surface area contributed by atoms with Crippen LogP contribution in [-0.4, -0.2) is 24.9 Å². The molecule has 1 aliphatic rings. The molecular weight excluding hydrogens is 194 g/mol. The van der Waals surface area contributed by atoms with Gasteiger partial charge in [0.05, 0.1) is 18.0 Å². The molecule has 0 heterocycles. The average molecular weight is 207 g/mol. The van der Waals surface area contributed by atoms with Crippen LogP contribution in [0.2, 0.25) is 0 Å². The number of hydrogen-bond donors (Lipinski definition) is 2. The second kappa shape index (κ2) is 4.60. The third-order valence-electron chi connectivity index (χ3n) is 2.32. The highest BCUT2D eigenvalue weighted by Crippen LogP contribution is 2.43. The summed E-state index contributed by atoms with van der Waals surface area (Å²) in [5.41, 5.74) is -0.349. The highest BCUT2D eigenvalue weighted by Gasteiger charge is 2.43. The summed E-state index contributed by atoms with van der Waals surface area (Å²) >= 11 is 0. The molecule has 0 unspecified atom stereocenters. The molecule has 0 bridgehead atoms. The molecule has 0 saturated heterocycles. The van der Waals surface area contributed by atoms with Crippen LogP contribution < -0.4 is 10.6 Å². The number of nitrogens with one attached hydrogen (secondary N) is 2. The van der Waals surface area contributed by atoms with Gasteiger partial charge in [0.1, 0.15) is 0 Å². The lowest BCUT2D eigenvalue weighted by Crippen LogP contribution is -2.38. The van der Waals surface area contributed by atoms with Gasteiger partial charge in [0.25, 0.3) is 0 Å². The normalized spacial score (nSPS) is 15.9. The number of nitriles is 1. The van der Waals surface area contributed by atoms with Crippen LogP contribution in [0.3, 0.4) is 0 Å². The summed E-state index contributed by atoms with van der Waals surface area (Å²) in [5.74, 6) is -0.668. The van der Waals surface area contributed by atoms with Crippen molar-refractivity contribution < 1.29 is 9.59 Å². The molecule has 1 aliphatic carbocycles. The maximum absolute atomic E-state index is 11.2. The molecule has 15 heavy (non-hydrogen) atoms. The van der Waals surface area contributed by atoms with Crippen LogP contribution in [0.4, 0.5) is 0 Å². The minimum absolute atomic E-state index is 0.0770. The van der Waals surface area contributed by atoms with Crippen molar-refractivity contribution in [3.63, 3.8) is 0 Å². The van der Waals surface area contributed by atoms with E-state index in [1.165, 1.54) is 0 Å². The Hall–Kier alpha value is -1.83. The summed E-state index contributed by atoms with van der Waals surface area (Å²) < 4.78 is 0. The Bertz CT molecular complexity index is 326. The van der Waals surface area contributed by atoms with Gasteiger partial charge in [-0.05, 0) is 18.9 Å². The van der Waals surface area contributed by atoms with Gasteiger partial charge in [-0.15, -0.1) is 0 Å². The molecule has 0 aliphatic heterocycles. The molecule has 2 N–H and O–H groups in total. The summed E-state index contributed by atoms with van der Waals surface area (Å²) in [4.78, 5) is 21.9. The van der Waals surface area contributed by atoms with Crippen molar-refractivity contribution in [1.29, 1.82) is 5.26 Å². The van der Waals surface area contributed by atoms with Gasteiger partial charge in [-0.25, -0.2) is 0 Å². The van der Waals surface area contributed by atoms with Gasteiger partial charge in [-0.3, -0.25) is 9.59 Å². The van der Waals surface area contributed by atoms with Gasteiger partial charge < -0.3 is 10.6 Å². The summed E-state index contributed by atoms with van der Waals surface area (Å²) in [6.45, 7) is 3.55. The second-order valence-corrected chi connectivity index (χ2v) is 3.59. The van der Waals surface area contributed by atoms with Gasteiger partial charge in [0.15, 0.2) is 0 Å². The van der Waals surface area contributed by atoms with Crippen LogP contribution in [0.15, 0.2) is 12.7 Å². The first-order valence-corrected chi connectivity index (χ1v) is 4.70. The van der Waals surface area contributed by atoms with Gasteiger partial charge in [0.2, 0.25) is 11.8 Å². The van der Waals surface area contributed by atoms with Gasteiger partial charge in [-0.2, -0.15) is 5.26 Å². The van der Waals surface area contributed by atoms with E-state index < -0.39 is 0 Å². The monoisotopic (exact) mass is 207 g/mol. The lowest BCUT2D eigenvalue weighted by Gasteiger charge is -2.08. The van der Waals surface area contributed by atoms with E-state index in [0.717, 1.165) is 18.9 Å². The fourth-order valence-corrected chi connectivity index (χ4v) is 1.05.